The summed E-state index contributed by atoms with van der Waals surface area (Å²) in [6.07, 6.45) is 12.0. The van der Waals surface area contributed by atoms with E-state index >= 15 is 0 Å². The zero-order chi connectivity index (χ0) is 14.9. The van der Waals surface area contributed by atoms with E-state index in [-0.39, 0.29) is 15.7 Å². The highest BCUT2D eigenvalue weighted by atomic mass is 28.2. The van der Waals surface area contributed by atoms with Crippen LogP contribution in [0, 0.1) is 0 Å². The number of carbonyl (C=O) groups excluding carboxylic acids is 1. The van der Waals surface area contributed by atoms with Gasteiger partial charge >= 0.3 is 5.97 Å². The zero-order valence-electron chi connectivity index (χ0n) is 13.4. The van der Waals surface area contributed by atoms with Crippen LogP contribution in [0.25, 0.3) is 0 Å². The Morgan fingerprint density at radius 2 is 1.45 bits per heavy atom. The second-order valence-electron chi connectivity index (χ2n) is 5.28. The molecule has 0 saturated carbocycles. The van der Waals surface area contributed by atoms with Gasteiger partial charge in [-0.25, -0.2) is 0 Å². The molecule has 0 aromatic carbocycles. The maximum Gasteiger partial charge on any atom is 0.319 e. The zero-order valence-corrected chi connectivity index (χ0v) is 14.8. The van der Waals surface area contributed by atoms with Gasteiger partial charge in [0, 0.05) is 7.11 Å². The predicted octanol–water partition coefficient (Wildman–Crippen LogP) is 2.41. The first kappa shape index (κ1) is 19.6. The SMILES string of the molecule is CO[SiH2]CCCCCCCCCCCNCC(=O)OC. The Morgan fingerprint density at radius 3 is 2.00 bits per heavy atom. The van der Waals surface area contributed by atoms with Crippen LogP contribution in [0.3, 0.4) is 0 Å². The van der Waals surface area contributed by atoms with Gasteiger partial charge in [0.1, 0.15) is 0 Å². The molecule has 5 heteroatoms. The van der Waals surface area contributed by atoms with E-state index in [0.717, 1.165) is 13.0 Å². The van der Waals surface area contributed by atoms with Gasteiger partial charge in [-0.05, 0) is 19.0 Å². The van der Waals surface area contributed by atoms with Crippen molar-refractivity contribution in [3.05, 3.63) is 0 Å². The number of ether oxygens (including phenoxy) is 1. The first-order valence-corrected chi connectivity index (χ1v) is 9.65. The van der Waals surface area contributed by atoms with Crippen LogP contribution in [0.5, 0.6) is 0 Å². The van der Waals surface area contributed by atoms with Crippen molar-refractivity contribution in [2.75, 3.05) is 27.3 Å². The number of hydrogen-bond acceptors (Lipinski definition) is 4. The minimum absolute atomic E-state index is 0.178. The van der Waals surface area contributed by atoms with Gasteiger partial charge in [0.05, 0.1) is 13.7 Å². The molecule has 4 nitrogen and oxygen atoms in total. The van der Waals surface area contributed by atoms with Crippen LogP contribution >= 0.6 is 0 Å². The van der Waals surface area contributed by atoms with E-state index in [1.165, 1.54) is 64.5 Å². The minimum Gasteiger partial charge on any atom is -0.468 e. The molecular weight excluding hydrogens is 270 g/mol. The summed E-state index contributed by atoms with van der Waals surface area (Å²) >= 11 is 0. The van der Waals surface area contributed by atoms with E-state index in [4.69, 9.17) is 4.43 Å². The topological polar surface area (TPSA) is 47.6 Å². The second-order valence-corrected chi connectivity index (χ2v) is 6.97. The monoisotopic (exact) mass is 303 g/mol. The average Bonchev–Trinajstić information content (AvgIpc) is 2.47. The molecule has 0 aliphatic carbocycles. The summed E-state index contributed by atoms with van der Waals surface area (Å²) in [6.45, 7) is 1.25. The van der Waals surface area contributed by atoms with Gasteiger partial charge in [-0.15, -0.1) is 0 Å². The third-order valence-electron chi connectivity index (χ3n) is 3.45. The molecule has 0 amide bonds. The van der Waals surface area contributed by atoms with Gasteiger partial charge in [-0.1, -0.05) is 51.4 Å². The van der Waals surface area contributed by atoms with Crippen molar-refractivity contribution in [2.24, 2.45) is 0 Å². The third kappa shape index (κ3) is 15.7. The lowest BCUT2D eigenvalue weighted by molar-refractivity contribution is -0.139. The Balaban J connectivity index is 2.97. The molecule has 0 radical (unpaired) electrons. The van der Waals surface area contributed by atoms with Crippen molar-refractivity contribution < 1.29 is 14.0 Å². The summed E-state index contributed by atoms with van der Waals surface area (Å²) in [6, 6.07) is 1.34. The molecule has 0 atom stereocenters. The Morgan fingerprint density at radius 1 is 0.900 bits per heavy atom. The summed E-state index contributed by atoms with van der Waals surface area (Å²) in [7, 11) is 3.07. The number of methoxy groups -OCH3 is 1. The summed E-state index contributed by atoms with van der Waals surface area (Å²) in [5.41, 5.74) is 0. The number of rotatable bonds is 15. The molecule has 1 N–H and O–H groups in total. The third-order valence-corrected chi connectivity index (χ3v) is 4.65. The van der Waals surface area contributed by atoms with Gasteiger partial charge in [-0.3, -0.25) is 4.79 Å². The fourth-order valence-corrected chi connectivity index (χ4v) is 3.02. The summed E-state index contributed by atoms with van der Waals surface area (Å²) in [5.74, 6) is -0.182. The Hall–Kier alpha value is -0.393. The first-order chi connectivity index (χ1) is 9.81. The summed E-state index contributed by atoms with van der Waals surface area (Å²) in [4.78, 5) is 10.8. The van der Waals surface area contributed by atoms with E-state index < -0.39 is 0 Å². The Labute approximate surface area is 126 Å². The van der Waals surface area contributed by atoms with E-state index in [2.05, 4.69) is 10.1 Å². The van der Waals surface area contributed by atoms with Crippen LogP contribution in [0.15, 0.2) is 0 Å². The molecule has 0 fully saturated rings. The van der Waals surface area contributed by atoms with Crippen molar-refractivity contribution in [2.45, 2.75) is 63.8 Å². The number of esters is 1. The van der Waals surface area contributed by atoms with E-state index in [0.29, 0.717) is 6.54 Å². The van der Waals surface area contributed by atoms with Gasteiger partial charge in [-0.2, -0.15) is 0 Å². The van der Waals surface area contributed by atoms with Crippen LogP contribution in [-0.2, 0) is 14.0 Å². The molecule has 0 bridgehead atoms. The van der Waals surface area contributed by atoms with Crippen LogP contribution in [0.1, 0.15) is 57.8 Å². The van der Waals surface area contributed by atoms with Crippen LogP contribution in [0.2, 0.25) is 6.04 Å². The Kier molecular flexibility index (Phi) is 16.3. The number of nitrogens with one attached hydrogen (secondary N) is 1. The van der Waals surface area contributed by atoms with E-state index in [1.54, 1.807) is 0 Å². The molecule has 0 spiro atoms. The molecular formula is C15H33NO3Si. The second kappa shape index (κ2) is 16.7. The maximum atomic E-state index is 10.8. The lowest BCUT2D eigenvalue weighted by atomic mass is 10.1. The number of carbonyl (C=O) groups is 1. The summed E-state index contributed by atoms with van der Waals surface area (Å²) in [5, 5.41) is 3.09. The fraction of sp³-hybridized carbons (Fsp3) is 0.933. The maximum absolute atomic E-state index is 10.8. The molecule has 120 valence electrons. The Bertz CT molecular complexity index is 215. The molecule has 0 heterocycles. The van der Waals surface area contributed by atoms with Gasteiger partial charge in [0.2, 0.25) is 0 Å². The predicted molar refractivity (Wildman–Crippen MR) is 86.8 cm³/mol. The molecule has 0 unspecified atom stereocenters. The molecule has 0 saturated heterocycles. The van der Waals surface area contributed by atoms with Crippen molar-refractivity contribution in [1.82, 2.24) is 5.32 Å². The average molecular weight is 304 g/mol. The van der Waals surface area contributed by atoms with Gasteiger partial charge in [0.15, 0.2) is 9.76 Å². The quantitative estimate of drug-likeness (QED) is 0.287. The molecule has 20 heavy (non-hydrogen) atoms. The largest absolute Gasteiger partial charge is 0.468 e. The van der Waals surface area contributed by atoms with Crippen molar-refractivity contribution in [3.63, 3.8) is 0 Å². The standard InChI is InChI=1S/C15H33NO3Si/c1-18-15(17)14-16-12-10-8-6-4-3-5-7-9-11-13-20-19-2/h16H,3-14,20H2,1-2H3. The van der Waals surface area contributed by atoms with Crippen LogP contribution in [-0.4, -0.2) is 43.0 Å². The first-order valence-electron chi connectivity index (χ1n) is 8.07. The molecule has 0 rings (SSSR count). The minimum atomic E-state index is -0.182. The smallest absolute Gasteiger partial charge is 0.319 e. The van der Waals surface area contributed by atoms with Gasteiger partial charge in [0.25, 0.3) is 0 Å². The fourth-order valence-electron chi connectivity index (χ4n) is 2.17. The molecule has 0 aliphatic rings. The van der Waals surface area contributed by atoms with E-state index in [9.17, 15) is 4.79 Å². The van der Waals surface area contributed by atoms with Crippen molar-refractivity contribution in [1.29, 1.82) is 0 Å². The van der Waals surface area contributed by atoms with Gasteiger partial charge < -0.3 is 14.5 Å². The highest BCUT2D eigenvalue weighted by molar-refractivity contribution is 6.26. The van der Waals surface area contributed by atoms with E-state index in [1.807, 2.05) is 7.11 Å². The van der Waals surface area contributed by atoms with Crippen LogP contribution in [0.4, 0.5) is 0 Å². The molecule has 0 aromatic heterocycles. The number of unbranched alkanes of at least 4 members (excludes halogenated alkanes) is 8. The molecule has 0 aliphatic heterocycles. The lowest BCUT2D eigenvalue weighted by Gasteiger charge is -2.04. The highest BCUT2D eigenvalue weighted by Gasteiger charge is 1.97. The van der Waals surface area contributed by atoms with Crippen molar-refractivity contribution >= 4 is 15.7 Å². The van der Waals surface area contributed by atoms with Crippen molar-refractivity contribution in [3.8, 4) is 0 Å². The van der Waals surface area contributed by atoms with Crippen LogP contribution < -0.4 is 5.32 Å². The molecule has 0 aromatic rings. The lowest BCUT2D eigenvalue weighted by Crippen LogP contribution is -2.24. The number of hydrogen-bond donors (Lipinski definition) is 1. The summed E-state index contributed by atoms with van der Waals surface area (Å²) < 4.78 is 9.73. The normalized spacial score (nSPS) is 11.3. The highest BCUT2D eigenvalue weighted by Crippen LogP contribution is 2.10.